The minimum atomic E-state index is -3.53. The Morgan fingerprint density at radius 2 is 2.00 bits per heavy atom. The molecule has 0 aliphatic carbocycles. The number of hydrogen-bond donors (Lipinski definition) is 2. The highest BCUT2D eigenvalue weighted by Crippen LogP contribution is 2.24. The first-order valence-corrected chi connectivity index (χ1v) is 8.00. The largest absolute Gasteiger partial charge is 0.497 e. The van der Waals surface area contributed by atoms with Crippen LogP contribution in [-0.2, 0) is 16.8 Å². The third-order valence-electron chi connectivity index (χ3n) is 3.03. The van der Waals surface area contributed by atoms with Gasteiger partial charge < -0.3 is 15.2 Å². The van der Waals surface area contributed by atoms with Crippen LogP contribution in [0.15, 0.2) is 18.2 Å². The normalized spacial score (nSPS) is 11.7. The second-order valence-electron chi connectivity index (χ2n) is 4.47. The molecule has 0 aromatic heterocycles. The molecule has 120 valence electrons. The van der Waals surface area contributed by atoms with Crippen LogP contribution >= 0.6 is 0 Å². The summed E-state index contributed by atoms with van der Waals surface area (Å²) in [5.74, 6) is 1.22. The summed E-state index contributed by atoms with van der Waals surface area (Å²) in [7, 11) is 1.07. The predicted molar refractivity (Wildman–Crippen MR) is 81.6 cm³/mol. The number of nitrogens with two attached hydrogens (primary N) is 1. The summed E-state index contributed by atoms with van der Waals surface area (Å²) in [5, 5.41) is 0. The van der Waals surface area contributed by atoms with Gasteiger partial charge >= 0.3 is 0 Å². The van der Waals surface area contributed by atoms with Gasteiger partial charge in [0, 0.05) is 31.8 Å². The van der Waals surface area contributed by atoms with Gasteiger partial charge in [-0.2, -0.15) is 17.4 Å². The summed E-state index contributed by atoms with van der Waals surface area (Å²) in [4.78, 5) is 0. The van der Waals surface area contributed by atoms with Crippen molar-refractivity contribution < 1.29 is 17.9 Å². The van der Waals surface area contributed by atoms with Crippen molar-refractivity contribution in [2.24, 2.45) is 5.73 Å². The van der Waals surface area contributed by atoms with Crippen LogP contribution in [0.5, 0.6) is 11.5 Å². The van der Waals surface area contributed by atoms with Crippen LogP contribution in [-0.4, -0.2) is 47.1 Å². The molecule has 0 heterocycles. The third kappa shape index (κ3) is 5.16. The van der Waals surface area contributed by atoms with Gasteiger partial charge in [-0.05, 0) is 19.0 Å². The number of ether oxygens (including phenoxy) is 2. The second kappa shape index (κ2) is 8.18. The average Bonchev–Trinajstić information content (AvgIpc) is 2.50. The van der Waals surface area contributed by atoms with Crippen LogP contribution in [0.3, 0.4) is 0 Å². The quantitative estimate of drug-likeness (QED) is 0.684. The fourth-order valence-electron chi connectivity index (χ4n) is 1.71. The van der Waals surface area contributed by atoms with E-state index in [9.17, 15) is 8.42 Å². The number of rotatable bonds is 9. The lowest BCUT2D eigenvalue weighted by atomic mass is 10.2. The van der Waals surface area contributed by atoms with E-state index >= 15 is 0 Å². The molecule has 0 unspecified atom stereocenters. The maximum atomic E-state index is 12.0. The van der Waals surface area contributed by atoms with Crippen molar-refractivity contribution in [3.8, 4) is 11.5 Å². The molecule has 0 fully saturated rings. The third-order valence-corrected chi connectivity index (χ3v) is 4.54. The van der Waals surface area contributed by atoms with E-state index in [2.05, 4.69) is 4.72 Å². The van der Waals surface area contributed by atoms with Crippen molar-refractivity contribution in [3.63, 3.8) is 0 Å². The zero-order chi connectivity index (χ0) is 15.9. The van der Waals surface area contributed by atoms with Crippen LogP contribution in [0.25, 0.3) is 0 Å². The molecule has 0 radical (unpaired) electrons. The number of benzene rings is 1. The van der Waals surface area contributed by atoms with Crippen LogP contribution in [0.4, 0.5) is 0 Å². The maximum Gasteiger partial charge on any atom is 0.279 e. The minimum absolute atomic E-state index is 0.141. The number of nitrogens with zero attached hydrogens (tertiary/aromatic N) is 1. The van der Waals surface area contributed by atoms with Gasteiger partial charge in [-0.15, -0.1) is 0 Å². The molecule has 1 rings (SSSR count). The summed E-state index contributed by atoms with van der Waals surface area (Å²) in [6.07, 6.45) is 0.614. The van der Waals surface area contributed by atoms with Crippen LogP contribution in [0.1, 0.15) is 12.0 Å². The van der Waals surface area contributed by atoms with Gasteiger partial charge in [-0.3, -0.25) is 0 Å². The molecule has 0 aliphatic heterocycles. The first-order valence-electron chi connectivity index (χ1n) is 6.56. The van der Waals surface area contributed by atoms with Gasteiger partial charge in [0.25, 0.3) is 10.2 Å². The number of nitrogens with one attached hydrogen (secondary N) is 1. The monoisotopic (exact) mass is 317 g/mol. The fourth-order valence-corrected chi connectivity index (χ4v) is 2.64. The van der Waals surface area contributed by atoms with Crippen LogP contribution in [0.2, 0.25) is 0 Å². The molecule has 0 saturated carbocycles. The first kappa shape index (κ1) is 17.7. The Labute approximate surface area is 126 Å². The van der Waals surface area contributed by atoms with Crippen molar-refractivity contribution in [1.29, 1.82) is 0 Å². The highest BCUT2D eigenvalue weighted by Gasteiger charge is 2.17. The predicted octanol–water partition coefficient (Wildman–Crippen LogP) is 0.319. The molecule has 0 saturated heterocycles. The molecule has 21 heavy (non-hydrogen) atoms. The lowest BCUT2D eigenvalue weighted by molar-refractivity contribution is 0.390. The summed E-state index contributed by atoms with van der Waals surface area (Å²) in [6, 6.07) is 5.23. The molecule has 8 heteroatoms. The molecule has 0 atom stereocenters. The molecule has 0 amide bonds. The topological polar surface area (TPSA) is 93.9 Å². The minimum Gasteiger partial charge on any atom is -0.497 e. The fraction of sp³-hybridized carbons (Fsp3) is 0.538. The smallest absolute Gasteiger partial charge is 0.279 e. The maximum absolute atomic E-state index is 12.0. The lowest BCUT2D eigenvalue weighted by Crippen LogP contribution is -2.38. The van der Waals surface area contributed by atoms with E-state index in [1.807, 2.05) is 0 Å². The van der Waals surface area contributed by atoms with Gasteiger partial charge in [0.2, 0.25) is 0 Å². The second-order valence-corrected chi connectivity index (χ2v) is 6.33. The molecular weight excluding hydrogens is 294 g/mol. The Morgan fingerprint density at radius 3 is 2.57 bits per heavy atom. The summed E-state index contributed by atoms with van der Waals surface area (Å²) < 4.78 is 38.2. The molecule has 0 spiro atoms. The molecule has 3 N–H and O–H groups in total. The number of methoxy groups -OCH3 is 2. The summed E-state index contributed by atoms with van der Waals surface area (Å²) in [6.45, 7) is 0.972. The molecule has 0 aliphatic rings. The Morgan fingerprint density at radius 1 is 1.29 bits per heavy atom. The van der Waals surface area contributed by atoms with E-state index in [-0.39, 0.29) is 6.54 Å². The zero-order valence-corrected chi connectivity index (χ0v) is 13.4. The standard InChI is InChI=1S/C13H23N3O4S/c1-16(8-4-7-14)21(17,18)15-10-11-5-6-12(19-2)9-13(11)20-3/h5-6,9,15H,4,7-8,10,14H2,1-3H3. The van der Waals surface area contributed by atoms with Gasteiger partial charge in [-0.25, -0.2) is 0 Å². The SMILES string of the molecule is COc1ccc(CNS(=O)(=O)N(C)CCCN)c(OC)c1. The van der Waals surface area contributed by atoms with Crippen molar-refractivity contribution in [3.05, 3.63) is 23.8 Å². The highest BCUT2D eigenvalue weighted by atomic mass is 32.2. The van der Waals surface area contributed by atoms with E-state index in [0.29, 0.717) is 31.0 Å². The van der Waals surface area contributed by atoms with Gasteiger partial charge in [0.05, 0.1) is 14.2 Å². The molecule has 7 nitrogen and oxygen atoms in total. The van der Waals surface area contributed by atoms with Gasteiger partial charge in [0.15, 0.2) is 0 Å². The summed E-state index contributed by atoms with van der Waals surface area (Å²) in [5.41, 5.74) is 6.11. The van der Waals surface area contributed by atoms with Crippen molar-refractivity contribution in [2.45, 2.75) is 13.0 Å². The van der Waals surface area contributed by atoms with Crippen molar-refractivity contribution in [2.75, 3.05) is 34.4 Å². The van der Waals surface area contributed by atoms with E-state index in [4.69, 9.17) is 15.2 Å². The summed E-state index contributed by atoms with van der Waals surface area (Å²) >= 11 is 0. The lowest BCUT2D eigenvalue weighted by Gasteiger charge is -2.18. The molecular formula is C13H23N3O4S. The van der Waals surface area contributed by atoms with Crippen molar-refractivity contribution >= 4 is 10.2 Å². The molecule has 0 bridgehead atoms. The number of hydrogen-bond acceptors (Lipinski definition) is 5. The average molecular weight is 317 g/mol. The van der Waals surface area contributed by atoms with Gasteiger partial charge in [0.1, 0.15) is 11.5 Å². The van der Waals surface area contributed by atoms with E-state index in [1.165, 1.54) is 18.5 Å². The first-order chi connectivity index (χ1) is 9.94. The Bertz CT molecular complexity index is 548. The van der Waals surface area contributed by atoms with Crippen LogP contribution in [0, 0.1) is 0 Å². The van der Waals surface area contributed by atoms with E-state index < -0.39 is 10.2 Å². The zero-order valence-electron chi connectivity index (χ0n) is 12.6. The Balaban J connectivity index is 2.74. The van der Waals surface area contributed by atoms with E-state index in [1.54, 1.807) is 25.3 Å². The molecule has 1 aromatic rings. The van der Waals surface area contributed by atoms with Crippen molar-refractivity contribution in [1.82, 2.24) is 9.03 Å². The van der Waals surface area contributed by atoms with Crippen LogP contribution < -0.4 is 19.9 Å². The van der Waals surface area contributed by atoms with E-state index in [0.717, 1.165) is 5.56 Å². The Hall–Kier alpha value is -1.35. The molecule has 1 aromatic carbocycles. The highest BCUT2D eigenvalue weighted by molar-refractivity contribution is 7.87. The Kier molecular flexibility index (Phi) is 6.90. The van der Waals surface area contributed by atoms with Gasteiger partial charge in [-0.1, -0.05) is 6.07 Å².